The highest BCUT2D eigenvalue weighted by atomic mass is 127. The van der Waals surface area contributed by atoms with E-state index in [1.807, 2.05) is 12.1 Å². The van der Waals surface area contributed by atoms with Crippen molar-refractivity contribution in [2.24, 2.45) is 0 Å². The molecule has 15 heavy (non-hydrogen) atoms. The molecule has 0 aliphatic carbocycles. The van der Waals surface area contributed by atoms with Gasteiger partial charge in [-0.2, -0.15) is 0 Å². The minimum atomic E-state index is -0.960. The summed E-state index contributed by atoms with van der Waals surface area (Å²) in [6.45, 7) is 0. The number of aromatic nitrogens is 2. The van der Waals surface area contributed by atoms with Crippen LogP contribution in [-0.2, 0) is 4.79 Å². The summed E-state index contributed by atoms with van der Waals surface area (Å²) in [4.78, 5) is 17.6. The lowest BCUT2D eigenvalue weighted by molar-refractivity contribution is -0.131. The lowest BCUT2D eigenvalue weighted by atomic mass is 10.1. The van der Waals surface area contributed by atoms with Gasteiger partial charge in [0.15, 0.2) is 0 Å². The van der Waals surface area contributed by atoms with Crippen molar-refractivity contribution in [2.75, 3.05) is 0 Å². The van der Waals surface area contributed by atoms with Crippen molar-refractivity contribution in [3.8, 4) is 0 Å². The minimum Gasteiger partial charge on any atom is -0.478 e. The van der Waals surface area contributed by atoms with Gasteiger partial charge in [-0.25, -0.2) is 9.78 Å². The van der Waals surface area contributed by atoms with Crippen molar-refractivity contribution in [3.05, 3.63) is 33.7 Å². The molecule has 0 radical (unpaired) electrons. The fraction of sp³-hybridized carbons (Fsp3) is 0. The molecule has 0 amide bonds. The van der Waals surface area contributed by atoms with Crippen LogP contribution in [0.1, 0.15) is 5.56 Å². The number of H-pyrrole nitrogens is 1. The fourth-order valence-corrected chi connectivity index (χ4v) is 1.93. The Labute approximate surface area is 99.2 Å². The maximum atomic E-state index is 10.4. The number of carbonyl (C=O) groups is 1. The van der Waals surface area contributed by atoms with Crippen LogP contribution in [0, 0.1) is 3.57 Å². The molecule has 76 valence electrons. The monoisotopic (exact) mass is 314 g/mol. The third kappa shape index (κ3) is 2.01. The molecule has 0 fully saturated rings. The fourth-order valence-electron chi connectivity index (χ4n) is 1.32. The molecule has 0 aliphatic heterocycles. The second kappa shape index (κ2) is 4.01. The molecular formula is C10H7IN2O2. The highest BCUT2D eigenvalue weighted by Crippen LogP contribution is 2.22. The zero-order valence-corrected chi connectivity index (χ0v) is 9.72. The molecule has 4 nitrogen and oxygen atoms in total. The van der Waals surface area contributed by atoms with Gasteiger partial charge in [0, 0.05) is 15.2 Å². The van der Waals surface area contributed by atoms with E-state index in [1.54, 1.807) is 12.4 Å². The maximum absolute atomic E-state index is 10.4. The van der Waals surface area contributed by atoms with Crippen LogP contribution in [0.25, 0.3) is 17.1 Å². The smallest absolute Gasteiger partial charge is 0.328 e. The van der Waals surface area contributed by atoms with Crippen molar-refractivity contribution in [2.45, 2.75) is 0 Å². The predicted octanol–water partition coefficient (Wildman–Crippen LogP) is 2.27. The van der Waals surface area contributed by atoms with E-state index in [2.05, 4.69) is 32.6 Å². The average molecular weight is 314 g/mol. The van der Waals surface area contributed by atoms with Gasteiger partial charge in [-0.3, -0.25) is 0 Å². The van der Waals surface area contributed by atoms with Gasteiger partial charge in [0.2, 0.25) is 0 Å². The van der Waals surface area contributed by atoms with Crippen molar-refractivity contribution in [3.63, 3.8) is 0 Å². The second-order valence-electron chi connectivity index (χ2n) is 2.93. The molecule has 2 aromatic rings. The Bertz CT molecular complexity index is 545. The lowest BCUT2D eigenvalue weighted by Gasteiger charge is -1.98. The second-order valence-corrected chi connectivity index (χ2v) is 4.09. The molecule has 0 atom stereocenters. The first-order chi connectivity index (χ1) is 7.18. The quantitative estimate of drug-likeness (QED) is 0.660. The highest BCUT2D eigenvalue weighted by Gasteiger charge is 2.05. The number of benzene rings is 1. The van der Waals surface area contributed by atoms with Gasteiger partial charge in [-0.05, 0) is 40.8 Å². The summed E-state index contributed by atoms with van der Waals surface area (Å²) in [7, 11) is 0. The van der Waals surface area contributed by atoms with Crippen LogP contribution in [0.2, 0.25) is 0 Å². The van der Waals surface area contributed by atoms with Gasteiger partial charge in [0.05, 0.1) is 17.4 Å². The first-order valence-corrected chi connectivity index (χ1v) is 5.29. The van der Waals surface area contributed by atoms with Gasteiger partial charge in [-0.15, -0.1) is 0 Å². The van der Waals surface area contributed by atoms with Gasteiger partial charge < -0.3 is 10.1 Å². The number of halogens is 1. The van der Waals surface area contributed by atoms with E-state index >= 15 is 0 Å². The maximum Gasteiger partial charge on any atom is 0.328 e. The van der Waals surface area contributed by atoms with Gasteiger partial charge >= 0.3 is 5.97 Å². The first-order valence-electron chi connectivity index (χ1n) is 4.21. The zero-order chi connectivity index (χ0) is 10.8. The number of nitrogens with one attached hydrogen (secondary N) is 1. The Morgan fingerprint density at radius 3 is 3.07 bits per heavy atom. The van der Waals surface area contributed by atoms with Crippen LogP contribution in [0.4, 0.5) is 0 Å². The number of aromatic amines is 1. The molecular weight excluding hydrogens is 307 g/mol. The molecule has 1 aromatic heterocycles. The van der Waals surface area contributed by atoms with E-state index in [0.717, 1.165) is 26.2 Å². The van der Waals surface area contributed by atoms with E-state index in [4.69, 9.17) is 5.11 Å². The topological polar surface area (TPSA) is 66.0 Å². The number of carboxylic acids is 1. The molecule has 0 saturated heterocycles. The molecule has 0 saturated carbocycles. The molecule has 2 N–H and O–H groups in total. The van der Waals surface area contributed by atoms with Gasteiger partial charge in [-0.1, -0.05) is 0 Å². The molecule has 1 heterocycles. The van der Waals surface area contributed by atoms with E-state index in [9.17, 15) is 4.79 Å². The molecule has 0 spiro atoms. The molecule has 2 rings (SSSR count). The Balaban J connectivity index is 2.61. The molecule has 0 unspecified atom stereocenters. The Kier molecular flexibility index (Phi) is 2.72. The third-order valence-electron chi connectivity index (χ3n) is 1.97. The number of nitrogens with zero attached hydrogens (tertiary/aromatic N) is 1. The first kappa shape index (κ1) is 10.2. The SMILES string of the molecule is O=C(O)/C=C/c1c(I)ccc2[nH]cnc12. The average Bonchev–Trinajstić information content (AvgIpc) is 2.63. The van der Waals surface area contributed by atoms with Crippen LogP contribution < -0.4 is 0 Å². The van der Waals surface area contributed by atoms with Crippen LogP contribution in [0.5, 0.6) is 0 Å². The van der Waals surface area contributed by atoms with Crippen LogP contribution in [0.15, 0.2) is 24.5 Å². The van der Waals surface area contributed by atoms with Crippen LogP contribution in [-0.4, -0.2) is 21.0 Å². The van der Waals surface area contributed by atoms with Gasteiger partial charge in [0.25, 0.3) is 0 Å². The van der Waals surface area contributed by atoms with Crippen molar-refractivity contribution < 1.29 is 9.90 Å². The largest absolute Gasteiger partial charge is 0.478 e. The number of hydrogen-bond donors (Lipinski definition) is 2. The van der Waals surface area contributed by atoms with Crippen LogP contribution >= 0.6 is 22.6 Å². The number of rotatable bonds is 2. The summed E-state index contributed by atoms with van der Waals surface area (Å²) in [5, 5.41) is 8.57. The van der Waals surface area contributed by atoms with Gasteiger partial charge in [0.1, 0.15) is 0 Å². The molecule has 5 heteroatoms. The van der Waals surface area contributed by atoms with Crippen molar-refractivity contribution >= 4 is 45.7 Å². The minimum absolute atomic E-state index is 0.791. The molecule has 0 bridgehead atoms. The van der Waals surface area contributed by atoms with Crippen LogP contribution in [0.3, 0.4) is 0 Å². The summed E-state index contributed by atoms with van der Waals surface area (Å²) >= 11 is 2.15. The number of fused-ring (bicyclic) bond motifs is 1. The number of aliphatic carboxylic acids is 1. The zero-order valence-electron chi connectivity index (χ0n) is 7.57. The normalized spacial score (nSPS) is 11.3. The summed E-state index contributed by atoms with van der Waals surface area (Å²) < 4.78 is 0.977. The predicted molar refractivity (Wildman–Crippen MR) is 65.5 cm³/mol. The standard InChI is InChI=1S/C10H7IN2O2/c11-7-2-3-8-10(13-5-12-8)6(7)1-4-9(14)15/h1-5H,(H,12,13)(H,14,15)/b4-1+. The number of hydrogen-bond acceptors (Lipinski definition) is 2. The molecule has 1 aromatic carbocycles. The van der Waals surface area contributed by atoms with E-state index in [0.29, 0.717) is 0 Å². The Morgan fingerprint density at radius 1 is 1.53 bits per heavy atom. The number of imidazole rings is 1. The van der Waals surface area contributed by atoms with E-state index in [1.165, 1.54) is 0 Å². The highest BCUT2D eigenvalue weighted by molar-refractivity contribution is 14.1. The Morgan fingerprint density at radius 2 is 2.33 bits per heavy atom. The van der Waals surface area contributed by atoms with Crippen molar-refractivity contribution in [1.29, 1.82) is 0 Å². The Hall–Kier alpha value is -1.37. The molecule has 0 aliphatic rings. The van der Waals surface area contributed by atoms with Crippen molar-refractivity contribution in [1.82, 2.24) is 9.97 Å². The summed E-state index contributed by atoms with van der Waals surface area (Å²) in [5.41, 5.74) is 2.52. The van der Waals surface area contributed by atoms with E-state index < -0.39 is 5.97 Å². The summed E-state index contributed by atoms with van der Waals surface area (Å²) in [6.07, 6.45) is 4.28. The number of carboxylic acid groups (broad SMARTS) is 1. The summed E-state index contributed by atoms with van der Waals surface area (Å²) in [5.74, 6) is -0.960. The summed E-state index contributed by atoms with van der Waals surface area (Å²) in [6, 6.07) is 3.84. The third-order valence-corrected chi connectivity index (χ3v) is 2.91. The lowest BCUT2D eigenvalue weighted by Crippen LogP contribution is -1.88. The van der Waals surface area contributed by atoms with E-state index in [-0.39, 0.29) is 0 Å².